The summed E-state index contributed by atoms with van der Waals surface area (Å²) in [6, 6.07) is 7.07. The van der Waals surface area contributed by atoms with E-state index in [1.807, 2.05) is 31.3 Å². The van der Waals surface area contributed by atoms with Crippen LogP contribution in [0.3, 0.4) is 0 Å². The fourth-order valence-electron chi connectivity index (χ4n) is 1.37. The average molecular weight is 267 g/mol. The van der Waals surface area contributed by atoms with Gasteiger partial charge in [-0.05, 0) is 31.7 Å². The van der Waals surface area contributed by atoms with E-state index >= 15 is 0 Å². The molecule has 1 aromatic rings. The summed E-state index contributed by atoms with van der Waals surface area (Å²) in [4.78, 5) is 23.0. The van der Waals surface area contributed by atoms with Crippen LogP contribution >= 0.6 is 11.8 Å². The van der Waals surface area contributed by atoms with Crippen molar-refractivity contribution in [3.05, 3.63) is 29.8 Å². The van der Waals surface area contributed by atoms with Crippen LogP contribution < -0.4 is 16.4 Å². The molecule has 6 heteroatoms. The molecule has 0 spiro atoms. The van der Waals surface area contributed by atoms with Gasteiger partial charge in [-0.25, -0.2) is 4.79 Å². The highest BCUT2D eigenvalue weighted by Gasteiger charge is 2.15. The predicted molar refractivity (Wildman–Crippen MR) is 72.3 cm³/mol. The van der Waals surface area contributed by atoms with Gasteiger partial charge in [-0.15, -0.1) is 11.8 Å². The van der Waals surface area contributed by atoms with Crippen molar-refractivity contribution in [3.8, 4) is 0 Å². The van der Waals surface area contributed by atoms with E-state index < -0.39 is 6.03 Å². The van der Waals surface area contributed by atoms with E-state index in [2.05, 4.69) is 10.6 Å². The van der Waals surface area contributed by atoms with Crippen LogP contribution in [0, 0.1) is 0 Å². The molecular weight excluding hydrogens is 250 g/mol. The fourth-order valence-corrected chi connectivity index (χ4v) is 2.24. The molecule has 1 aromatic carbocycles. The van der Waals surface area contributed by atoms with Crippen molar-refractivity contribution in [3.63, 3.8) is 0 Å². The van der Waals surface area contributed by atoms with E-state index in [-0.39, 0.29) is 11.2 Å². The lowest BCUT2D eigenvalue weighted by molar-refractivity contribution is -0.119. The van der Waals surface area contributed by atoms with Crippen molar-refractivity contribution < 1.29 is 9.59 Å². The summed E-state index contributed by atoms with van der Waals surface area (Å²) in [5, 5.41) is 4.76. The summed E-state index contributed by atoms with van der Waals surface area (Å²) in [6.45, 7) is 2.53. The first-order chi connectivity index (χ1) is 8.52. The highest BCUT2D eigenvalue weighted by atomic mass is 32.2. The maximum absolute atomic E-state index is 11.5. The Balaban J connectivity index is 2.56. The minimum absolute atomic E-state index is 0.368. The molecule has 0 heterocycles. The Kier molecular flexibility index (Phi) is 5.67. The number of hydrogen-bond donors (Lipinski definition) is 3. The molecule has 98 valence electrons. The summed E-state index contributed by atoms with van der Waals surface area (Å²) in [7, 11) is 1.89. The van der Waals surface area contributed by atoms with E-state index in [0.29, 0.717) is 0 Å². The van der Waals surface area contributed by atoms with Gasteiger partial charge in [0.2, 0.25) is 5.91 Å². The molecule has 4 N–H and O–H groups in total. The van der Waals surface area contributed by atoms with E-state index in [4.69, 9.17) is 5.73 Å². The van der Waals surface area contributed by atoms with Gasteiger partial charge in [0.25, 0.3) is 0 Å². The van der Waals surface area contributed by atoms with Gasteiger partial charge in [0, 0.05) is 11.4 Å². The zero-order chi connectivity index (χ0) is 13.5. The molecular formula is C12H17N3O2S. The van der Waals surface area contributed by atoms with E-state index in [0.717, 1.165) is 11.4 Å². The zero-order valence-electron chi connectivity index (χ0n) is 10.4. The van der Waals surface area contributed by atoms with Crippen LogP contribution in [0.2, 0.25) is 0 Å². The van der Waals surface area contributed by atoms with Crippen molar-refractivity contribution in [1.29, 1.82) is 0 Å². The maximum atomic E-state index is 11.5. The topological polar surface area (TPSA) is 84.2 Å². The van der Waals surface area contributed by atoms with E-state index in [1.54, 1.807) is 6.92 Å². The highest BCUT2D eigenvalue weighted by Crippen LogP contribution is 2.23. The average Bonchev–Trinajstić information content (AvgIpc) is 2.31. The zero-order valence-corrected chi connectivity index (χ0v) is 11.2. The Morgan fingerprint density at radius 2 is 1.94 bits per heavy atom. The third-order valence-corrected chi connectivity index (χ3v) is 3.34. The number of hydrogen-bond acceptors (Lipinski definition) is 4. The van der Waals surface area contributed by atoms with Crippen LogP contribution in [-0.4, -0.2) is 24.2 Å². The number of thioether (sulfide) groups is 1. The van der Waals surface area contributed by atoms with Crippen LogP contribution in [0.4, 0.5) is 4.79 Å². The molecule has 18 heavy (non-hydrogen) atoms. The van der Waals surface area contributed by atoms with E-state index in [9.17, 15) is 9.59 Å². The molecule has 0 aliphatic heterocycles. The number of benzene rings is 1. The molecule has 1 atom stereocenters. The molecule has 0 aromatic heterocycles. The van der Waals surface area contributed by atoms with Crippen LogP contribution in [0.15, 0.2) is 29.2 Å². The number of carbonyl (C=O) groups is 2. The lowest BCUT2D eigenvalue weighted by atomic mass is 10.2. The quantitative estimate of drug-likeness (QED) is 0.697. The largest absolute Gasteiger partial charge is 0.351 e. The first-order valence-corrected chi connectivity index (χ1v) is 6.41. The lowest BCUT2D eigenvalue weighted by Gasteiger charge is -2.10. The molecule has 0 fully saturated rings. The fraction of sp³-hybridized carbons (Fsp3) is 0.333. The van der Waals surface area contributed by atoms with Gasteiger partial charge >= 0.3 is 6.03 Å². The lowest BCUT2D eigenvalue weighted by Crippen LogP contribution is -2.39. The molecule has 1 rings (SSSR count). The monoisotopic (exact) mass is 267 g/mol. The second kappa shape index (κ2) is 7.03. The molecule has 1 unspecified atom stereocenters. The number of primary amides is 1. The number of nitrogens with two attached hydrogens (primary N) is 1. The first-order valence-electron chi connectivity index (χ1n) is 5.53. The Labute approximate surface area is 111 Å². The van der Waals surface area contributed by atoms with Crippen molar-refractivity contribution in [2.24, 2.45) is 5.73 Å². The minimum atomic E-state index is -0.822. The summed E-state index contributed by atoms with van der Waals surface area (Å²) in [6.07, 6.45) is 0. The third-order valence-electron chi connectivity index (χ3n) is 2.23. The minimum Gasteiger partial charge on any atom is -0.351 e. The van der Waals surface area contributed by atoms with Gasteiger partial charge in [-0.1, -0.05) is 12.1 Å². The van der Waals surface area contributed by atoms with Crippen LogP contribution in [0.5, 0.6) is 0 Å². The van der Waals surface area contributed by atoms with Crippen molar-refractivity contribution in [2.75, 3.05) is 7.05 Å². The molecule has 0 aliphatic carbocycles. The number of urea groups is 1. The van der Waals surface area contributed by atoms with Gasteiger partial charge in [-0.2, -0.15) is 0 Å². The number of imide groups is 1. The Morgan fingerprint density at radius 1 is 1.33 bits per heavy atom. The van der Waals surface area contributed by atoms with Crippen LogP contribution in [0.1, 0.15) is 12.5 Å². The van der Waals surface area contributed by atoms with Crippen LogP contribution in [0.25, 0.3) is 0 Å². The SMILES string of the molecule is CNCc1ccc(SC(C)C(=O)NC(N)=O)cc1. The predicted octanol–water partition coefficient (Wildman–Crippen LogP) is 1.08. The maximum Gasteiger partial charge on any atom is 0.318 e. The first kappa shape index (κ1) is 14.5. The molecule has 0 aliphatic rings. The van der Waals surface area contributed by atoms with Gasteiger partial charge in [0.1, 0.15) is 0 Å². The third kappa shape index (κ3) is 4.77. The summed E-state index contributed by atoms with van der Waals surface area (Å²) < 4.78 is 0. The molecule has 5 nitrogen and oxygen atoms in total. The van der Waals surface area contributed by atoms with Gasteiger partial charge in [0.05, 0.1) is 5.25 Å². The summed E-state index contributed by atoms with van der Waals surface area (Å²) >= 11 is 1.38. The second-order valence-electron chi connectivity index (χ2n) is 3.79. The molecule has 3 amide bonds. The smallest absolute Gasteiger partial charge is 0.318 e. The van der Waals surface area contributed by atoms with Gasteiger partial charge in [-0.3, -0.25) is 10.1 Å². The molecule has 0 saturated heterocycles. The molecule has 0 saturated carbocycles. The number of carbonyl (C=O) groups excluding carboxylic acids is 2. The van der Waals surface area contributed by atoms with Crippen molar-refractivity contribution in [2.45, 2.75) is 23.6 Å². The Bertz CT molecular complexity index is 420. The Hall–Kier alpha value is -1.53. The number of nitrogens with one attached hydrogen (secondary N) is 2. The molecule has 0 radical (unpaired) electrons. The normalized spacial score (nSPS) is 11.9. The van der Waals surface area contributed by atoms with Crippen LogP contribution in [-0.2, 0) is 11.3 Å². The number of rotatable bonds is 5. The Morgan fingerprint density at radius 3 is 2.44 bits per heavy atom. The van der Waals surface area contributed by atoms with Crippen molar-refractivity contribution in [1.82, 2.24) is 10.6 Å². The van der Waals surface area contributed by atoms with Gasteiger partial charge in [0.15, 0.2) is 0 Å². The van der Waals surface area contributed by atoms with Crippen molar-refractivity contribution >= 4 is 23.7 Å². The summed E-state index contributed by atoms with van der Waals surface area (Å²) in [5.74, 6) is -0.383. The second-order valence-corrected chi connectivity index (χ2v) is 5.20. The standard InChI is InChI=1S/C12H17N3O2S/c1-8(11(16)15-12(13)17)18-10-5-3-9(4-6-10)7-14-2/h3-6,8,14H,7H2,1-2H3,(H3,13,15,16,17). The molecule has 0 bridgehead atoms. The van der Waals surface area contributed by atoms with Gasteiger partial charge < -0.3 is 11.1 Å². The summed E-state index contributed by atoms with van der Waals surface area (Å²) in [5.41, 5.74) is 6.07. The highest BCUT2D eigenvalue weighted by molar-refractivity contribution is 8.00. The number of amides is 3. The van der Waals surface area contributed by atoms with E-state index in [1.165, 1.54) is 17.3 Å².